The van der Waals surface area contributed by atoms with Crippen molar-refractivity contribution in [1.29, 1.82) is 0 Å². The average molecular weight is 376 g/mol. The van der Waals surface area contributed by atoms with Crippen LogP contribution in [0, 0.1) is 6.92 Å². The first-order valence-electron chi connectivity index (χ1n) is 8.31. The summed E-state index contributed by atoms with van der Waals surface area (Å²) in [7, 11) is 0. The van der Waals surface area contributed by atoms with Crippen molar-refractivity contribution in [3.05, 3.63) is 45.4 Å². The van der Waals surface area contributed by atoms with E-state index in [0.29, 0.717) is 10.6 Å². The van der Waals surface area contributed by atoms with Gasteiger partial charge in [0.15, 0.2) is 6.61 Å². The molecule has 1 amide bonds. The Bertz CT molecular complexity index is 791. The zero-order valence-electron chi connectivity index (χ0n) is 15.6. The van der Waals surface area contributed by atoms with Gasteiger partial charge in [0.2, 0.25) is 0 Å². The Morgan fingerprint density at radius 3 is 2.38 bits per heavy atom. The summed E-state index contributed by atoms with van der Waals surface area (Å²) in [5, 5.41) is 12.5. The van der Waals surface area contributed by atoms with E-state index in [-0.39, 0.29) is 24.0 Å². The Morgan fingerprint density at radius 1 is 1.27 bits per heavy atom. The fourth-order valence-corrected chi connectivity index (χ4v) is 3.30. The molecule has 0 aliphatic heterocycles. The maximum Gasteiger partial charge on any atom is 0.341 e. The molecular formula is C19H24N2O4S. The van der Waals surface area contributed by atoms with Crippen LogP contribution in [0.25, 0.3) is 0 Å². The van der Waals surface area contributed by atoms with E-state index >= 15 is 0 Å². The fraction of sp³-hybridized carbons (Fsp3) is 0.421. The largest absolute Gasteiger partial charge is 0.482 e. The number of nitrogens with zero attached hydrogens (tertiary/aromatic N) is 1. The number of thiazole rings is 1. The Kier molecular flexibility index (Phi) is 6.02. The molecule has 0 aliphatic carbocycles. The van der Waals surface area contributed by atoms with Gasteiger partial charge >= 0.3 is 5.97 Å². The lowest BCUT2D eigenvalue weighted by molar-refractivity contribution is -0.139. The van der Waals surface area contributed by atoms with Gasteiger partial charge in [-0.05, 0) is 31.5 Å². The number of carbonyl (C=O) groups is 2. The zero-order valence-corrected chi connectivity index (χ0v) is 16.4. The number of hydrogen-bond acceptors (Lipinski definition) is 5. The molecule has 140 valence electrons. The summed E-state index contributed by atoms with van der Waals surface area (Å²) >= 11 is 1.42. The molecule has 2 N–H and O–H groups in total. The lowest BCUT2D eigenvalue weighted by atomic mass is 9.98. The molecule has 2 aromatic rings. The number of benzene rings is 1. The van der Waals surface area contributed by atoms with Crippen LogP contribution in [0.1, 0.15) is 59.7 Å². The number of carboxylic acid groups (broad SMARTS) is 1. The normalized spacial score (nSPS) is 12.5. The van der Waals surface area contributed by atoms with Crippen molar-refractivity contribution in [3.8, 4) is 5.75 Å². The van der Waals surface area contributed by atoms with E-state index in [4.69, 9.17) is 9.84 Å². The molecule has 0 aliphatic rings. The topological polar surface area (TPSA) is 88.5 Å². The van der Waals surface area contributed by atoms with Gasteiger partial charge in [-0.3, -0.25) is 4.79 Å². The third kappa shape index (κ3) is 5.05. The number of carboxylic acids is 1. The molecule has 1 aromatic heterocycles. The van der Waals surface area contributed by atoms with Crippen molar-refractivity contribution in [2.24, 2.45) is 0 Å². The maximum absolute atomic E-state index is 12.6. The van der Waals surface area contributed by atoms with Gasteiger partial charge in [-0.1, -0.05) is 32.9 Å². The highest BCUT2D eigenvalue weighted by Crippen LogP contribution is 2.29. The van der Waals surface area contributed by atoms with Crippen molar-refractivity contribution < 1.29 is 19.4 Å². The van der Waals surface area contributed by atoms with E-state index in [1.807, 2.05) is 26.0 Å². The highest BCUT2D eigenvalue weighted by atomic mass is 32.1. The summed E-state index contributed by atoms with van der Waals surface area (Å²) < 4.78 is 5.11. The van der Waals surface area contributed by atoms with E-state index in [1.165, 1.54) is 11.3 Å². The van der Waals surface area contributed by atoms with Crippen molar-refractivity contribution in [2.75, 3.05) is 6.61 Å². The predicted octanol–water partition coefficient (Wildman–Crippen LogP) is 3.70. The Balaban J connectivity index is 2.05. The van der Waals surface area contributed by atoms with Gasteiger partial charge in [-0.25, -0.2) is 9.78 Å². The van der Waals surface area contributed by atoms with Crippen LogP contribution in [0.2, 0.25) is 0 Å². The van der Waals surface area contributed by atoms with Crippen molar-refractivity contribution in [1.82, 2.24) is 10.3 Å². The van der Waals surface area contributed by atoms with Crippen molar-refractivity contribution in [3.63, 3.8) is 0 Å². The van der Waals surface area contributed by atoms with Gasteiger partial charge in [-0.2, -0.15) is 0 Å². The lowest BCUT2D eigenvalue weighted by Gasteiger charge is -2.15. The third-order valence-electron chi connectivity index (χ3n) is 3.73. The summed E-state index contributed by atoms with van der Waals surface area (Å²) in [6.45, 7) is 9.58. The SMILES string of the molecule is Cc1nc(C(C)(C)C)sc1C(=O)NC(C)c1ccc(OCC(=O)O)cc1. The van der Waals surface area contributed by atoms with E-state index in [9.17, 15) is 9.59 Å². The van der Waals surface area contributed by atoms with Crippen LogP contribution in [-0.2, 0) is 10.2 Å². The van der Waals surface area contributed by atoms with Gasteiger partial charge in [0.25, 0.3) is 5.91 Å². The Labute approximate surface area is 157 Å². The molecule has 0 spiro atoms. The number of rotatable bonds is 6. The molecule has 0 radical (unpaired) electrons. The molecule has 1 unspecified atom stereocenters. The molecule has 2 rings (SSSR count). The van der Waals surface area contributed by atoms with Gasteiger partial charge in [-0.15, -0.1) is 11.3 Å². The molecule has 1 heterocycles. The van der Waals surface area contributed by atoms with Crippen LogP contribution < -0.4 is 10.1 Å². The smallest absolute Gasteiger partial charge is 0.341 e. The highest BCUT2D eigenvalue weighted by Gasteiger charge is 2.23. The number of carbonyl (C=O) groups excluding carboxylic acids is 1. The summed E-state index contributed by atoms with van der Waals surface area (Å²) in [5.41, 5.74) is 1.55. The zero-order chi connectivity index (χ0) is 19.5. The van der Waals surface area contributed by atoms with E-state index in [1.54, 1.807) is 12.1 Å². The molecule has 1 aromatic carbocycles. The number of ether oxygens (including phenoxy) is 1. The fourth-order valence-electron chi connectivity index (χ4n) is 2.27. The molecular weight excluding hydrogens is 352 g/mol. The van der Waals surface area contributed by atoms with Crippen LogP contribution in [0.4, 0.5) is 0 Å². The monoisotopic (exact) mass is 376 g/mol. The standard InChI is InChI=1S/C19H24N2O4S/c1-11(13-6-8-14(9-7-13)25-10-15(22)23)20-17(24)16-12(2)21-18(26-16)19(3,4)5/h6-9,11H,10H2,1-5H3,(H,20,24)(H,22,23). The average Bonchev–Trinajstić information content (AvgIpc) is 2.95. The molecule has 0 saturated carbocycles. The Morgan fingerprint density at radius 2 is 1.88 bits per heavy atom. The Hall–Kier alpha value is -2.41. The van der Waals surface area contributed by atoms with Gasteiger partial charge in [0, 0.05) is 5.41 Å². The lowest BCUT2D eigenvalue weighted by Crippen LogP contribution is -2.26. The second-order valence-corrected chi connectivity index (χ2v) is 8.13. The van der Waals surface area contributed by atoms with Crippen LogP contribution in [-0.4, -0.2) is 28.6 Å². The number of nitrogens with one attached hydrogen (secondary N) is 1. The molecule has 0 bridgehead atoms. The van der Waals surface area contributed by atoms with Crippen LogP contribution >= 0.6 is 11.3 Å². The van der Waals surface area contributed by atoms with E-state index in [0.717, 1.165) is 16.3 Å². The highest BCUT2D eigenvalue weighted by molar-refractivity contribution is 7.14. The minimum atomic E-state index is -1.02. The number of aromatic nitrogens is 1. The summed E-state index contributed by atoms with van der Waals surface area (Å²) in [4.78, 5) is 28.3. The quantitative estimate of drug-likeness (QED) is 0.802. The molecule has 0 fully saturated rings. The first-order chi connectivity index (χ1) is 12.1. The third-order valence-corrected chi connectivity index (χ3v) is 5.32. The van der Waals surface area contributed by atoms with Crippen LogP contribution in [0.5, 0.6) is 5.75 Å². The maximum atomic E-state index is 12.6. The van der Waals surface area contributed by atoms with Gasteiger partial charge in [0.05, 0.1) is 16.7 Å². The second-order valence-electron chi connectivity index (χ2n) is 7.13. The second kappa shape index (κ2) is 7.86. The molecule has 0 saturated heterocycles. The molecule has 7 heteroatoms. The first kappa shape index (κ1) is 19.9. The molecule has 1 atom stereocenters. The van der Waals surface area contributed by atoms with Crippen LogP contribution in [0.3, 0.4) is 0 Å². The number of hydrogen-bond donors (Lipinski definition) is 2. The molecule has 6 nitrogen and oxygen atoms in total. The number of aryl methyl sites for hydroxylation is 1. The van der Waals surface area contributed by atoms with Gasteiger partial charge < -0.3 is 15.2 Å². The summed E-state index contributed by atoms with van der Waals surface area (Å²) in [6, 6.07) is 6.80. The summed E-state index contributed by atoms with van der Waals surface area (Å²) in [6.07, 6.45) is 0. The van der Waals surface area contributed by atoms with Crippen molar-refractivity contribution >= 4 is 23.2 Å². The molecule has 26 heavy (non-hydrogen) atoms. The van der Waals surface area contributed by atoms with E-state index < -0.39 is 5.97 Å². The minimum absolute atomic E-state index is 0.0919. The van der Waals surface area contributed by atoms with Crippen LogP contribution in [0.15, 0.2) is 24.3 Å². The van der Waals surface area contributed by atoms with Crippen molar-refractivity contribution in [2.45, 2.75) is 46.1 Å². The minimum Gasteiger partial charge on any atom is -0.482 e. The first-order valence-corrected chi connectivity index (χ1v) is 9.13. The van der Waals surface area contributed by atoms with E-state index in [2.05, 4.69) is 31.1 Å². The predicted molar refractivity (Wildman–Crippen MR) is 101 cm³/mol. The number of amides is 1. The number of aliphatic carboxylic acids is 1. The summed E-state index contributed by atoms with van der Waals surface area (Å²) in [5.74, 6) is -0.693. The van der Waals surface area contributed by atoms with Gasteiger partial charge in [0.1, 0.15) is 10.6 Å².